The second-order valence-electron chi connectivity index (χ2n) is 8.18. The summed E-state index contributed by atoms with van der Waals surface area (Å²) in [5.41, 5.74) is 0. The highest BCUT2D eigenvalue weighted by Gasteiger charge is 2.43. The van der Waals surface area contributed by atoms with Crippen molar-refractivity contribution in [2.45, 2.75) is 50.3 Å². The number of rotatable bonds is 4. The van der Waals surface area contributed by atoms with Gasteiger partial charge in [-0.3, -0.25) is 14.6 Å². The predicted molar refractivity (Wildman–Crippen MR) is 104 cm³/mol. The van der Waals surface area contributed by atoms with E-state index in [1.807, 2.05) is 4.90 Å². The van der Waals surface area contributed by atoms with E-state index in [1.165, 1.54) is 48.4 Å². The standard InChI is InChI=1S/C21H28FN3O4/c22-15-5-7-17(8-6-15)29-18-13-19(25(14-18)21(27)28)20(26)24-10-2-9-23(11-12-24)16-3-1-4-16/h5-8,16,18-19H,1-4,9-14H2,(H,27,28)/t18-,19+/m0/s1. The van der Waals surface area contributed by atoms with E-state index in [0.717, 1.165) is 19.5 Å². The molecule has 1 aromatic rings. The summed E-state index contributed by atoms with van der Waals surface area (Å²) < 4.78 is 18.9. The molecule has 3 aliphatic rings. The topological polar surface area (TPSA) is 73.3 Å². The van der Waals surface area contributed by atoms with Crippen LogP contribution in [0.15, 0.2) is 24.3 Å². The first-order valence-corrected chi connectivity index (χ1v) is 10.5. The van der Waals surface area contributed by atoms with Gasteiger partial charge in [-0.25, -0.2) is 9.18 Å². The molecule has 1 saturated carbocycles. The van der Waals surface area contributed by atoms with Gasteiger partial charge in [0.15, 0.2) is 0 Å². The van der Waals surface area contributed by atoms with Crippen LogP contribution in [0, 0.1) is 5.82 Å². The molecule has 7 nitrogen and oxygen atoms in total. The number of carbonyl (C=O) groups is 2. The number of hydrogen-bond donors (Lipinski definition) is 1. The minimum absolute atomic E-state index is 0.130. The first-order chi connectivity index (χ1) is 14.0. The van der Waals surface area contributed by atoms with Crippen LogP contribution in [0.25, 0.3) is 0 Å². The van der Waals surface area contributed by atoms with Gasteiger partial charge in [-0.1, -0.05) is 6.42 Å². The Morgan fingerprint density at radius 2 is 1.79 bits per heavy atom. The quantitative estimate of drug-likeness (QED) is 0.833. The summed E-state index contributed by atoms with van der Waals surface area (Å²) in [5.74, 6) is -0.0186. The van der Waals surface area contributed by atoms with Crippen LogP contribution in [0.4, 0.5) is 9.18 Å². The predicted octanol–water partition coefficient (Wildman–Crippen LogP) is 2.41. The number of ether oxygens (including phenoxy) is 1. The number of likely N-dealkylation sites (tertiary alicyclic amines) is 1. The number of nitrogens with zero attached hydrogens (tertiary/aromatic N) is 3. The maximum Gasteiger partial charge on any atom is 0.408 e. The molecule has 0 bridgehead atoms. The lowest BCUT2D eigenvalue weighted by Crippen LogP contribution is -2.49. The van der Waals surface area contributed by atoms with E-state index in [9.17, 15) is 19.1 Å². The van der Waals surface area contributed by atoms with Gasteiger partial charge in [0.2, 0.25) is 5.91 Å². The molecule has 1 aromatic carbocycles. The van der Waals surface area contributed by atoms with Gasteiger partial charge in [0.1, 0.15) is 23.7 Å². The van der Waals surface area contributed by atoms with E-state index in [2.05, 4.69) is 4.90 Å². The molecule has 2 atom stereocenters. The maximum absolute atomic E-state index is 13.2. The zero-order valence-electron chi connectivity index (χ0n) is 16.5. The Kier molecular flexibility index (Phi) is 5.89. The van der Waals surface area contributed by atoms with Gasteiger partial charge in [-0.2, -0.15) is 0 Å². The third kappa shape index (κ3) is 4.47. The highest BCUT2D eigenvalue weighted by molar-refractivity contribution is 5.86. The molecule has 3 fully saturated rings. The lowest BCUT2D eigenvalue weighted by Gasteiger charge is -2.36. The van der Waals surface area contributed by atoms with E-state index in [4.69, 9.17) is 4.74 Å². The molecule has 0 radical (unpaired) electrons. The largest absolute Gasteiger partial charge is 0.488 e. The second kappa shape index (κ2) is 8.57. The maximum atomic E-state index is 13.2. The Hall–Kier alpha value is -2.35. The molecule has 1 aliphatic carbocycles. The zero-order chi connectivity index (χ0) is 20.4. The van der Waals surface area contributed by atoms with Gasteiger partial charge in [-0.15, -0.1) is 0 Å². The highest BCUT2D eigenvalue weighted by atomic mass is 19.1. The monoisotopic (exact) mass is 405 g/mol. The van der Waals surface area contributed by atoms with Gasteiger partial charge < -0.3 is 14.7 Å². The third-order valence-corrected chi connectivity index (χ3v) is 6.34. The van der Waals surface area contributed by atoms with Crippen molar-refractivity contribution < 1.29 is 23.8 Å². The number of halogens is 1. The van der Waals surface area contributed by atoms with Gasteiger partial charge in [0.05, 0.1) is 6.54 Å². The normalized spacial score (nSPS) is 26.1. The van der Waals surface area contributed by atoms with Crippen molar-refractivity contribution >= 4 is 12.0 Å². The van der Waals surface area contributed by atoms with E-state index >= 15 is 0 Å². The van der Waals surface area contributed by atoms with Crippen molar-refractivity contribution in [2.75, 3.05) is 32.7 Å². The van der Waals surface area contributed by atoms with Gasteiger partial charge >= 0.3 is 6.09 Å². The molecule has 4 rings (SSSR count). The average Bonchev–Trinajstić information content (AvgIpc) is 2.93. The van der Waals surface area contributed by atoms with Crippen molar-refractivity contribution in [3.8, 4) is 5.75 Å². The van der Waals surface area contributed by atoms with Crippen molar-refractivity contribution in [3.05, 3.63) is 30.1 Å². The number of hydrogen-bond acceptors (Lipinski definition) is 4. The first kappa shape index (κ1) is 19.9. The lowest BCUT2D eigenvalue weighted by molar-refractivity contribution is -0.135. The summed E-state index contributed by atoms with van der Waals surface area (Å²) in [7, 11) is 0. The lowest BCUT2D eigenvalue weighted by atomic mass is 9.91. The Balaban J connectivity index is 1.39. The van der Waals surface area contributed by atoms with Crippen LogP contribution >= 0.6 is 0 Å². The molecule has 0 unspecified atom stereocenters. The van der Waals surface area contributed by atoms with Crippen LogP contribution in [0.5, 0.6) is 5.75 Å². The molecule has 2 aliphatic heterocycles. The fourth-order valence-electron chi connectivity index (χ4n) is 4.52. The molecule has 1 N–H and O–H groups in total. The molecule has 2 heterocycles. The second-order valence-corrected chi connectivity index (χ2v) is 8.18. The molecule has 8 heteroatoms. The molecule has 0 aromatic heterocycles. The van der Waals surface area contributed by atoms with Crippen molar-refractivity contribution in [1.82, 2.24) is 14.7 Å². The number of carbonyl (C=O) groups excluding carboxylic acids is 1. The number of benzene rings is 1. The fraction of sp³-hybridized carbons (Fsp3) is 0.619. The first-order valence-electron chi connectivity index (χ1n) is 10.5. The van der Waals surface area contributed by atoms with E-state index < -0.39 is 18.2 Å². The SMILES string of the molecule is O=C([C@H]1C[C@H](Oc2ccc(F)cc2)CN1C(=O)O)N1CCCN(C2CCC2)CC1. The molecule has 29 heavy (non-hydrogen) atoms. The fourth-order valence-corrected chi connectivity index (χ4v) is 4.52. The number of amides is 2. The summed E-state index contributed by atoms with van der Waals surface area (Å²) >= 11 is 0. The van der Waals surface area contributed by atoms with Crippen molar-refractivity contribution in [1.29, 1.82) is 0 Å². The molecule has 0 spiro atoms. The Bertz CT molecular complexity index is 740. The summed E-state index contributed by atoms with van der Waals surface area (Å²) in [6.07, 6.45) is 3.46. The smallest absolute Gasteiger partial charge is 0.408 e. The van der Waals surface area contributed by atoms with Crippen LogP contribution < -0.4 is 4.74 Å². The van der Waals surface area contributed by atoms with Crippen LogP contribution in [0.3, 0.4) is 0 Å². The average molecular weight is 405 g/mol. The van der Waals surface area contributed by atoms with Gasteiger partial charge in [0.25, 0.3) is 0 Å². The van der Waals surface area contributed by atoms with Gasteiger partial charge in [0, 0.05) is 38.6 Å². The third-order valence-electron chi connectivity index (χ3n) is 6.34. The molecule has 158 valence electrons. The molecule has 2 saturated heterocycles. The summed E-state index contributed by atoms with van der Waals surface area (Å²) in [6.45, 7) is 3.28. The molecule has 2 amide bonds. The van der Waals surface area contributed by atoms with Crippen LogP contribution in [0.1, 0.15) is 32.1 Å². The van der Waals surface area contributed by atoms with E-state index in [1.54, 1.807) is 0 Å². The summed E-state index contributed by atoms with van der Waals surface area (Å²) in [4.78, 5) is 30.4. The van der Waals surface area contributed by atoms with E-state index in [-0.39, 0.29) is 18.3 Å². The minimum atomic E-state index is -1.11. The minimum Gasteiger partial charge on any atom is -0.488 e. The van der Waals surface area contributed by atoms with Crippen molar-refractivity contribution in [3.63, 3.8) is 0 Å². The van der Waals surface area contributed by atoms with Crippen LogP contribution in [-0.2, 0) is 4.79 Å². The Morgan fingerprint density at radius 1 is 1.03 bits per heavy atom. The highest BCUT2D eigenvalue weighted by Crippen LogP contribution is 2.27. The van der Waals surface area contributed by atoms with Gasteiger partial charge in [-0.05, 0) is 43.5 Å². The number of carboxylic acid groups (broad SMARTS) is 1. The Morgan fingerprint density at radius 3 is 2.45 bits per heavy atom. The Labute approximate surface area is 170 Å². The van der Waals surface area contributed by atoms with E-state index in [0.29, 0.717) is 31.3 Å². The molecular weight excluding hydrogens is 377 g/mol. The zero-order valence-corrected chi connectivity index (χ0v) is 16.5. The summed E-state index contributed by atoms with van der Waals surface area (Å²) in [6, 6.07) is 5.55. The summed E-state index contributed by atoms with van der Waals surface area (Å²) in [5, 5.41) is 9.60. The molecular formula is C21H28FN3O4. The van der Waals surface area contributed by atoms with Crippen molar-refractivity contribution in [2.24, 2.45) is 0 Å². The van der Waals surface area contributed by atoms with Crippen LogP contribution in [0.2, 0.25) is 0 Å². The van der Waals surface area contributed by atoms with Crippen LogP contribution in [-0.4, -0.2) is 82.7 Å².